The Morgan fingerprint density at radius 2 is 1.58 bits per heavy atom. The van der Waals surface area contributed by atoms with Crippen molar-refractivity contribution < 1.29 is 36.0 Å². The third-order valence-corrected chi connectivity index (χ3v) is 2.30. The van der Waals surface area contributed by atoms with Crippen molar-refractivity contribution in [3.05, 3.63) is 35.9 Å². The minimum absolute atomic E-state index is 0.625. The highest BCUT2D eigenvalue weighted by Gasteiger charge is 2.44. The molecule has 0 aliphatic rings. The van der Waals surface area contributed by atoms with Crippen molar-refractivity contribution in [3.63, 3.8) is 0 Å². The molecule has 0 spiro atoms. The molecule has 0 aliphatic heterocycles. The van der Waals surface area contributed by atoms with Gasteiger partial charge in [-0.15, -0.1) is 0 Å². The first-order valence-electron chi connectivity index (χ1n) is 4.54. The molecule has 0 saturated carbocycles. The Hall–Kier alpha value is -1.65. The second kappa shape index (κ2) is 6.50. The van der Waals surface area contributed by atoms with Crippen LogP contribution in [0.15, 0.2) is 30.3 Å². The fourth-order valence-corrected chi connectivity index (χ4v) is 0.803. The summed E-state index contributed by atoms with van der Waals surface area (Å²) in [6.07, 6.45) is 0. The summed E-state index contributed by atoms with van der Waals surface area (Å²) in [5.41, 5.74) is 0.429. The van der Waals surface area contributed by atoms with Gasteiger partial charge < -0.3 is 10.8 Å². The molecule has 0 saturated heterocycles. The van der Waals surface area contributed by atoms with E-state index in [-0.39, 0.29) is 0 Å². The van der Waals surface area contributed by atoms with Crippen LogP contribution in [-0.4, -0.2) is 29.6 Å². The summed E-state index contributed by atoms with van der Waals surface area (Å²) in [5.74, 6) is -1.00. The number of halogens is 3. The molecular weight excluding hydrogens is 291 g/mol. The zero-order valence-electron chi connectivity index (χ0n) is 9.20. The molecule has 1 aromatic rings. The van der Waals surface area contributed by atoms with Crippen molar-refractivity contribution in [1.82, 2.24) is 0 Å². The van der Waals surface area contributed by atoms with Crippen molar-refractivity contribution in [3.8, 4) is 0 Å². The summed E-state index contributed by atoms with van der Waals surface area (Å²) in [4.78, 5) is 10.4. The molecule has 0 heterocycles. The maximum absolute atomic E-state index is 10.7. The molecule has 0 amide bonds. The number of carbonyl (C=O) groups is 1. The number of carboxylic acid groups (broad SMARTS) is 1. The minimum Gasteiger partial charge on any atom is -0.480 e. The summed E-state index contributed by atoms with van der Waals surface area (Å²) < 4.78 is 57.5. The molecule has 1 unspecified atom stereocenters. The van der Waals surface area contributed by atoms with Gasteiger partial charge in [0.25, 0.3) is 0 Å². The highest BCUT2D eigenvalue weighted by Crippen LogP contribution is 2.20. The molecule has 108 valence electrons. The van der Waals surface area contributed by atoms with Gasteiger partial charge in [0.2, 0.25) is 0 Å². The number of rotatable bonds is 2. The smallest absolute Gasteiger partial charge is 0.480 e. The molecule has 1 atom stereocenters. The number of hydrogen-bond donors (Lipinski definition) is 3. The van der Waals surface area contributed by atoms with Gasteiger partial charge in [0, 0.05) is 0 Å². The molecule has 1 aromatic carbocycles. The fraction of sp³-hybridized carbons (Fsp3) is 0.222. The first-order valence-corrected chi connectivity index (χ1v) is 5.98. The Kier molecular flexibility index (Phi) is 5.93. The van der Waals surface area contributed by atoms with Crippen molar-refractivity contribution >= 4 is 16.1 Å². The minimum atomic E-state index is -5.84. The topological polar surface area (TPSA) is 118 Å². The third-order valence-electron chi connectivity index (χ3n) is 1.72. The first kappa shape index (κ1) is 17.4. The molecule has 19 heavy (non-hydrogen) atoms. The number of nitrogens with two attached hydrogens (primary N) is 1. The molecule has 0 bridgehead atoms. The second-order valence-electron chi connectivity index (χ2n) is 3.15. The average Bonchev–Trinajstić information content (AvgIpc) is 2.27. The van der Waals surface area contributed by atoms with Gasteiger partial charge in [-0.3, -0.25) is 9.35 Å². The van der Waals surface area contributed by atoms with Gasteiger partial charge in [-0.1, -0.05) is 30.3 Å². The Labute approximate surface area is 106 Å². The Morgan fingerprint density at radius 1 is 1.21 bits per heavy atom. The third kappa shape index (κ3) is 6.18. The Bertz CT molecular complexity index is 514. The molecule has 6 nitrogen and oxygen atoms in total. The van der Waals surface area contributed by atoms with E-state index in [1.54, 1.807) is 24.3 Å². The van der Waals surface area contributed by atoms with Crippen molar-refractivity contribution in [2.45, 2.75) is 11.6 Å². The number of aliphatic carboxylic acids is 1. The molecule has 0 aliphatic carbocycles. The van der Waals surface area contributed by atoms with Gasteiger partial charge >= 0.3 is 21.6 Å². The van der Waals surface area contributed by atoms with Crippen LogP contribution < -0.4 is 5.73 Å². The van der Waals surface area contributed by atoms with E-state index < -0.39 is 27.6 Å². The molecule has 10 heteroatoms. The zero-order valence-corrected chi connectivity index (χ0v) is 10.0. The highest BCUT2D eigenvalue weighted by atomic mass is 32.2. The van der Waals surface area contributed by atoms with Crippen LogP contribution in [0.3, 0.4) is 0 Å². The predicted octanol–water partition coefficient (Wildman–Crippen LogP) is 1.17. The van der Waals surface area contributed by atoms with E-state index in [9.17, 15) is 18.0 Å². The van der Waals surface area contributed by atoms with Gasteiger partial charge in [0.15, 0.2) is 0 Å². The molecular formula is C9H10F3NO5S. The number of alkyl halides is 3. The van der Waals surface area contributed by atoms with Crippen LogP contribution in [0.1, 0.15) is 11.6 Å². The lowest BCUT2D eigenvalue weighted by molar-refractivity contribution is -0.138. The first-order chi connectivity index (χ1) is 8.47. The van der Waals surface area contributed by atoms with Crippen molar-refractivity contribution in [2.24, 2.45) is 5.73 Å². The quantitative estimate of drug-likeness (QED) is 0.557. The van der Waals surface area contributed by atoms with E-state index in [1.807, 2.05) is 6.07 Å². The van der Waals surface area contributed by atoms with E-state index in [1.165, 1.54) is 0 Å². The van der Waals surface area contributed by atoms with Crippen LogP contribution in [-0.2, 0) is 14.9 Å². The van der Waals surface area contributed by atoms with Gasteiger partial charge in [-0.25, -0.2) is 0 Å². The van der Waals surface area contributed by atoms with Crippen LogP contribution in [0.2, 0.25) is 0 Å². The van der Waals surface area contributed by atoms with Crippen molar-refractivity contribution in [2.75, 3.05) is 0 Å². The van der Waals surface area contributed by atoms with E-state index in [4.69, 9.17) is 23.8 Å². The van der Waals surface area contributed by atoms with Gasteiger partial charge in [-0.05, 0) is 5.56 Å². The van der Waals surface area contributed by atoms with Crippen LogP contribution in [0.25, 0.3) is 0 Å². The van der Waals surface area contributed by atoms with Crippen LogP contribution >= 0.6 is 0 Å². The molecule has 0 fully saturated rings. The monoisotopic (exact) mass is 301 g/mol. The maximum Gasteiger partial charge on any atom is 0.522 e. The van der Waals surface area contributed by atoms with Gasteiger partial charge in [0.1, 0.15) is 6.04 Å². The lowest BCUT2D eigenvalue weighted by atomic mass is 10.1. The Balaban J connectivity index is 0.000000362. The predicted molar refractivity (Wildman–Crippen MR) is 58.6 cm³/mol. The lowest BCUT2D eigenvalue weighted by Gasteiger charge is -2.04. The molecule has 1 rings (SSSR count). The standard InChI is InChI=1S/C8H9NO2.CHF3O3S/c9-7(8(10)11)6-4-2-1-3-5-6;2-1(3,4)8(5,6)7/h1-5,7H,9H2,(H,10,11);(H,5,6,7). The summed E-state index contributed by atoms with van der Waals surface area (Å²) in [6.45, 7) is 0. The second-order valence-corrected chi connectivity index (χ2v) is 4.56. The highest BCUT2D eigenvalue weighted by molar-refractivity contribution is 7.86. The van der Waals surface area contributed by atoms with E-state index in [0.717, 1.165) is 0 Å². The number of hydrogen-bond acceptors (Lipinski definition) is 4. The SMILES string of the molecule is NC(C(=O)O)c1ccccc1.O=S(=O)(O)C(F)(F)F. The fourth-order valence-electron chi connectivity index (χ4n) is 0.803. The van der Waals surface area contributed by atoms with Crippen LogP contribution in [0.5, 0.6) is 0 Å². The van der Waals surface area contributed by atoms with Gasteiger partial charge in [0.05, 0.1) is 0 Å². The van der Waals surface area contributed by atoms with Crippen LogP contribution in [0.4, 0.5) is 13.2 Å². The number of benzene rings is 1. The Morgan fingerprint density at radius 3 is 1.84 bits per heavy atom. The van der Waals surface area contributed by atoms with Gasteiger partial charge in [-0.2, -0.15) is 21.6 Å². The van der Waals surface area contributed by atoms with E-state index in [0.29, 0.717) is 5.56 Å². The summed E-state index contributed by atoms with van der Waals surface area (Å²) >= 11 is 0. The van der Waals surface area contributed by atoms with Crippen LogP contribution in [0, 0.1) is 0 Å². The summed E-state index contributed by atoms with van der Waals surface area (Å²) in [5, 5.41) is 8.51. The average molecular weight is 301 g/mol. The number of carboxylic acids is 1. The zero-order chi connectivity index (χ0) is 15.3. The summed E-state index contributed by atoms with van der Waals surface area (Å²) in [6, 6.07) is 7.82. The molecule has 0 radical (unpaired) electrons. The maximum atomic E-state index is 10.7. The van der Waals surface area contributed by atoms with Crippen molar-refractivity contribution in [1.29, 1.82) is 0 Å². The molecule has 4 N–H and O–H groups in total. The lowest BCUT2D eigenvalue weighted by Crippen LogP contribution is -2.21. The summed E-state index contributed by atoms with van der Waals surface area (Å²) in [7, 11) is -5.84. The van der Waals surface area contributed by atoms with E-state index in [2.05, 4.69) is 0 Å². The van der Waals surface area contributed by atoms with E-state index >= 15 is 0 Å². The largest absolute Gasteiger partial charge is 0.522 e. The normalized spacial score (nSPS) is 13.1. The molecule has 0 aromatic heterocycles.